The Labute approximate surface area is 108 Å². The Hall–Kier alpha value is -1.60. The van der Waals surface area contributed by atoms with Gasteiger partial charge in [0.1, 0.15) is 5.82 Å². The van der Waals surface area contributed by atoms with Gasteiger partial charge in [0.25, 0.3) is 0 Å². The van der Waals surface area contributed by atoms with Gasteiger partial charge in [0.2, 0.25) is 0 Å². The maximum Gasteiger partial charge on any atom is 0.127 e. The number of rotatable bonds is 3. The van der Waals surface area contributed by atoms with Crippen LogP contribution in [0.4, 0.5) is 5.82 Å². The van der Waals surface area contributed by atoms with Crippen molar-refractivity contribution in [1.82, 2.24) is 10.3 Å². The van der Waals surface area contributed by atoms with Crippen LogP contribution in [0, 0.1) is 18.3 Å². The molecule has 96 valence electrons. The molecule has 0 aliphatic heterocycles. The van der Waals surface area contributed by atoms with Crippen LogP contribution in [0.25, 0.3) is 0 Å². The molecule has 1 heterocycles. The predicted molar refractivity (Wildman–Crippen MR) is 72.4 cm³/mol. The van der Waals surface area contributed by atoms with Crippen molar-refractivity contribution in [1.29, 1.82) is 5.26 Å². The van der Waals surface area contributed by atoms with Gasteiger partial charge in [-0.05, 0) is 51.8 Å². The van der Waals surface area contributed by atoms with E-state index in [0.717, 1.165) is 24.4 Å². The van der Waals surface area contributed by atoms with Crippen LogP contribution in [0.2, 0.25) is 0 Å². The summed E-state index contributed by atoms with van der Waals surface area (Å²) in [4.78, 5) is 4.44. The summed E-state index contributed by atoms with van der Waals surface area (Å²) in [5, 5.41) is 15.7. The van der Waals surface area contributed by atoms with Crippen molar-refractivity contribution in [3.05, 3.63) is 23.4 Å². The van der Waals surface area contributed by atoms with Crippen LogP contribution in [-0.4, -0.2) is 24.1 Å². The Balaban J connectivity index is 1.98. The van der Waals surface area contributed by atoms with E-state index in [-0.39, 0.29) is 0 Å². The van der Waals surface area contributed by atoms with E-state index in [0.29, 0.717) is 17.6 Å². The standard InChI is InChI=1S/C14H20N4/c1-10-7-11(9-15)8-14(17-10)18-13-5-3-12(16-2)4-6-13/h7-8,12-13,16H,3-6H2,1-2H3,(H,17,18). The minimum absolute atomic E-state index is 0.482. The molecule has 0 atom stereocenters. The van der Waals surface area contributed by atoms with Gasteiger partial charge in [-0.15, -0.1) is 0 Å². The van der Waals surface area contributed by atoms with Crippen LogP contribution in [0.1, 0.15) is 36.9 Å². The van der Waals surface area contributed by atoms with E-state index in [2.05, 4.69) is 21.7 Å². The number of nitriles is 1. The van der Waals surface area contributed by atoms with E-state index in [1.807, 2.05) is 26.1 Å². The Bertz CT molecular complexity index is 442. The third-order valence-corrected chi connectivity index (χ3v) is 3.57. The normalized spacial score (nSPS) is 23.4. The summed E-state index contributed by atoms with van der Waals surface area (Å²) in [5.41, 5.74) is 1.56. The smallest absolute Gasteiger partial charge is 0.127 e. The maximum atomic E-state index is 8.95. The van der Waals surface area contributed by atoms with Crippen LogP contribution >= 0.6 is 0 Å². The summed E-state index contributed by atoms with van der Waals surface area (Å²) in [7, 11) is 2.03. The minimum atomic E-state index is 0.482. The molecule has 4 heteroatoms. The monoisotopic (exact) mass is 244 g/mol. The predicted octanol–water partition coefficient (Wildman–Crippen LogP) is 2.20. The molecule has 2 N–H and O–H groups in total. The molecule has 1 fully saturated rings. The molecule has 2 rings (SSSR count). The number of anilines is 1. The largest absolute Gasteiger partial charge is 0.367 e. The molecule has 0 spiro atoms. The van der Waals surface area contributed by atoms with Crippen molar-refractivity contribution in [2.75, 3.05) is 12.4 Å². The fraction of sp³-hybridized carbons (Fsp3) is 0.571. The zero-order chi connectivity index (χ0) is 13.0. The van der Waals surface area contributed by atoms with E-state index in [9.17, 15) is 0 Å². The summed E-state index contributed by atoms with van der Waals surface area (Å²) in [5.74, 6) is 0.833. The average molecular weight is 244 g/mol. The fourth-order valence-electron chi connectivity index (χ4n) is 2.54. The Kier molecular flexibility index (Phi) is 4.16. The van der Waals surface area contributed by atoms with Crippen molar-refractivity contribution >= 4 is 5.82 Å². The molecular weight excluding hydrogens is 224 g/mol. The van der Waals surface area contributed by atoms with Crippen LogP contribution < -0.4 is 10.6 Å². The van der Waals surface area contributed by atoms with Crippen LogP contribution in [-0.2, 0) is 0 Å². The molecule has 0 amide bonds. The molecule has 0 aromatic carbocycles. The summed E-state index contributed by atoms with van der Waals surface area (Å²) in [6.45, 7) is 1.92. The van der Waals surface area contributed by atoms with Crippen molar-refractivity contribution < 1.29 is 0 Å². The van der Waals surface area contributed by atoms with Gasteiger partial charge in [0.05, 0.1) is 11.6 Å². The molecule has 18 heavy (non-hydrogen) atoms. The third-order valence-electron chi connectivity index (χ3n) is 3.57. The highest BCUT2D eigenvalue weighted by Gasteiger charge is 2.20. The highest BCUT2D eigenvalue weighted by molar-refractivity contribution is 5.45. The van der Waals surface area contributed by atoms with Crippen molar-refractivity contribution in [2.24, 2.45) is 0 Å². The summed E-state index contributed by atoms with van der Waals surface area (Å²) in [6, 6.07) is 6.95. The number of hydrogen-bond acceptors (Lipinski definition) is 4. The molecule has 0 saturated heterocycles. The second kappa shape index (κ2) is 5.83. The fourth-order valence-corrected chi connectivity index (χ4v) is 2.54. The molecule has 1 aromatic heterocycles. The Morgan fingerprint density at radius 1 is 1.22 bits per heavy atom. The highest BCUT2D eigenvalue weighted by Crippen LogP contribution is 2.22. The van der Waals surface area contributed by atoms with Gasteiger partial charge >= 0.3 is 0 Å². The molecule has 0 radical (unpaired) electrons. The first kappa shape index (κ1) is 12.8. The third kappa shape index (κ3) is 3.21. The molecule has 0 unspecified atom stereocenters. The summed E-state index contributed by atoms with van der Waals surface area (Å²) < 4.78 is 0. The van der Waals surface area contributed by atoms with Crippen molar-refractivity contribution in [3.8, 4) is 6.07 Å². The van der Waals surface area contributed by atoms with Crippen molar-refractivity contribution in [3.63, 3.8) is 0 Å². The molecule has 1 aliphatic carbocycles. The number of pyridine rings is 1. The SMILES string of the molecule is CNC1CCC(Nc2cc(C#N)cc(C)n2)CC1. The minimum Gasteiger partial charge on any atom is -0.367 e. The lowest BCUT2D eigenvalue weighted by Gasteiger charge is -2.29. The maximum absolute atomic E-state index is 8.95. The van der Waals surface area contributed by atoms with E-state index in [4.69, 9.17) is 5.26 Å². The van der Waals surface area contributed by atoms with Gasteiger partial charge in [-0.2, -0.15) is 5.26 Å². The van der Waals surface area contributed by atoms with E-state index < -0.39 is 0 Å². The first-order valence-electron chi connectivity index (χ1n) is 6.54. The van der Waals surface area contributed by atoms with Gasteiger partial charge in [-0.3, -0.25) is 0 Å². The van der Waals surface area contributed by atoms with Crippen molar-refractivity contribution in [2.45, 2.75) is 44.7 Å². The van der Waals surface area contributed by atoms with E-state index in [1.165, 1.54) is 12.8 Å². The molecule has 1 aromatic rings. The van der Waals surface area contributed by atoms with Gasteiger partial charge in [0.15, 0.2) is 0 Å². The number of aryl methyl sites for hydroxylation is 1. The highest BCUT2D eigenvalue weighted by atomic mass is 15.0. The summed E-state index contributed by atoms with van der Waals surface area (Å²) in [6.07, 6.45) is 4.71. The Morgan fingerprint density at radius 3 is 2.50 bits per heavy atom. The first-order chi connectivity index (χ1) is 8.71. The zero-order valence-corrected chi connectivity index (χ0v) is 11.0. The zero-order valence-electron chi connectivity index (χ0n) is 11.0. The molecule has 1 aliphatic rings. The quantitative estimate of drug-likeness (QED) is 0.855. The van der Waals surface area contributed by atoms with E-state index >= 15 is 0 Å². The number of aromatic nitrogens is 1. The molecule has 0 bridgehead atoms. The lowest BCUT2D eigenvalue weighted by Crippen LogP contribution is -2.35. The molecule has 1 saturated carbocycles. The number of nitrogens with one attached hydrogen (secondary N) is 2. The van der Waals surface area contributed by atoms with Gasteiger partial charge in [-0.1, -0.05) is 0 Å². The second-order valence-electron chi connectivity index (χ2n) is 4.98. The lowest BCUT2D eigenvalue weighted by molar-refractivity contribution is 0.371. The number of hydrogen-bond donors (Lipinski definition) is 2. The summed E-state index contributed by atoms with van der Waals surface area (Å²) >= 11 is 0. The lowest BCUT2D eigenvalue weighted by atomic mass is 9.91. The van der Waals surface area contributed by atoms with Gasteiger partial charge in [-0.25, -0.2) is 4.98 Å². The van der Waals surface area contributed by atoms with Crippen LogP contribution in [0.3, 0.4) is 0 Å². The van der Waals surface area contributed by atoms with Crippen LogP contribution in [0.5, 0.6) is 0 Å². The van der Waals surface area contributed by atoms with Crippen LogP contribution in [0.15, 0.2) is 12.1 Å². The molecule has 4 nitrogen and oxygen atoms in total. The Morgan fingerprint density at radius 2 is 1.89 bits per heavy atom. The number of nitrogens with zero attached hydrogens (tertiary/aromatic N) is 2. The first-order valence-corrected chi connectivity index (χ1v) is 6.54. The second-order valence-corrected chi connectivity index (χ2v) is 4.98. The molecular formula is C14H20N4. The topological polar surface area (TPSA) is 60.7 Å². The van der Waals surface area contributed by atoms with E-state index in [1.54, 1.807) is 0 Å². The van der Waals surface area contributed by atoms with Gasteiger partial charge < -0.3 is 10.6 Å². The average Bonchev–Trinajstić information content (AvgIpc) is 2.39. The van der Waals surface area contributed by atoms with Gasteiger partial charge in [0, 0.05) is 17.8 Å².